The maximum atomic E-state index is 6.14. The largest absolute Gasteiger partial charge is 0.492 e. The van der Waals surface area contributed by atoms with Crippen molar-refractivity contribution in [3.63, 3.8) is 0 Å². The van der Waals surface area contributed by atoms with E-state index in [-0.39, 0.29) is 5.60 Å². The number of allylic oxidation sites excluding steroid dienone is 1. The molecule has 0 unspecified atom stereocenters. The zero-order valence-electron chi connectivity index (χ0n) is 12.5. The lowest BCUT2D eigenvalue weighted by Crippen LogP contribution is -2.55. The van der Waals surface area contributed by atoms with Crippen LogP contribution in [0.3, 0.4) is 0 Å². The first kappa shape index (κ1) is 12.6. The fourth-order valence-electron chi connectivity index (χ4n) is 5.78. The average molecular weight is 248 g/mol. The highest BCUT2D eigenvalue weighted by molar-refractivity contribution is 5.15. The molecule has 3 fully saturated rings. The Bertz CT molecular complexity index is 383. The van der Waals surface area contributed by atoms with Gasteiger partial charge in [0.15, 0.2) is 0 Å². The second-order valence-corrected chi connectivity index (χ2v) is 8.15. The zero-order valence-corrected chi connectivity index (χ0v) is 12.5. The molecule has 3 aliphatic rings. The molecule has 0 N–H and O–H groups in total. The SMILES string of the molecule is C=C1C[C@@H]2[C@@]3(C)CCCC(C)(C)[C@@H]3CC[C@@]2(C)O1. The minimum Gasteiger partial charge on any atom is -0.492 e. The third-order valence-corrected chi connectivity index (χ3v) is 6.55. The van der Waals surface area contributed by atoms with Crippen LogP contribution in [0.2, 0.25) is 0 Å². The summed E-state index contributed by atoms with van der Waals surface area (Å²) in [5.74, 6) is 2.59. The van der Waals surface area contributed by atoms with Crippen molar-refractivity contribution in [1.82, 2.24) is 0 Å². The summed E-state index contributed by atoms with van der Waals surface area (Å²) in [5.41, 5.74) is 1.06. The lowest BCUT2D eigenvalue weighted by molar-refractivity contribution is -0.142. The molecular weight excluding hydrogens is 220 g/mol. The van der Waals surface area contributed by atoms with Crippen LogP contribution in [0.15, 0.2) is 12.3 Å². The third-order valence-electron chi connectivity index (χ3n) is 6.55. The Morgan fingerprint density at radius 3 is 2.50 bits per heavy atom. The quantitative estimate of drug-likeness (QED) is 0.591. The van der Waals surface area contributed by atoms with E-state index in [4.69, 9.17) is 4.74 Å². The van der Waals surface area contributed by atoms with Crippen LogP contribution in [-0.4, -0.2) is 5.60 Å². The summed E-state index contributed by atoms with van der Waals surface area (Å²) < 4.78 is 6.14. The highest BCUT2D eigenvalue weighted by Gasteiger charge is 2.61. The van der Waals surface area contributed by atoms with E-state index in [9.17, 15) is 0 Å². The number of hydrogen-bond donors (Lipinski definition) is 0. The average Bonchev–Trinajstić information content (AvgIpc) is 2.53. The highest BCUT2D eigenvalue weighted by Crippen LogP contribution is 2.65. The van der Waals surface area contributed by atoms with E-state index in [2.05, 4.69) is 34.3 Å². The van der Waals surface area contributed by atoms with Crippen molar-refractivity contribution in [3.05, 3.63) is 12.3 Å². The van der Waals surface area contributed by atoms with E-state index in [0.29, 0.717) is 16.7 Å². The Morgan fingerprint density at radius 2 is 1.78 bits per heavy atom. The first-order chi connectivity index (χ1) is 8.28. The van der Waals surface area contributed by atoms with Crippen LogP contribution in [-0.2, 0) is 4.74 Å². The lowest BCUT2D eigenvalue weighted by atomic mass is 9.45. The zero-order chi connectivity index (χ0) is 13.2. The van der Waals surface area contributed by atoms with Crippen molar-refractivity contribution in [2.75, 3.05) is 0 Å². The van der Waals surface area contributed by atoms with Gasteiger partial charge in [0, 0.05) is 12.3 Å². The summed E-state index contributed by atoms with van der Waals surface area (Å²) in [7, 11) is 0. The summed E-state index contributed by atoms with van der Waals surface area (Å²) in [5, 5.41) is 0. The van der Waals surface area contributed by atoms with Crippen LogP contribution in [0.5, 0.6) is 0 Å². The minimum absolute atomic E-state index is 0.0791. The first-order valence-corrected chi connectivity index (χ1v) is 7.65. The maximum Gasteiger partial charge on any atom is 0.109 e. The van der Waals surface area contributed by atoms with Crippen molar-refractivity contribution in [2.45, 2.75) is 71.8 Å². The molecule has 1 heteroatoms. The van der Waals surface area contributed by atoms with Crippen LogP contribution in [0, 0.1) is 22.7 Å². The van der Waals surface area contributed by atoms with Gasteiger partial charge in [-0.3, -0.25) is 0 Å². The third kappa shape index (κ3) is 1.52. The van der Waals surface area contributed by atoms with E-state index in [0.717, 1.165) is 18.1 Å². The van der Waals surface area contributed by atoms with Crippen LogP contribution < -0.4 is 0 Å². The predicted octanol–water partition coefficient (Wildman–Crippen LogP) is 4.92. The second-order valence-electron chi connectivity index (χ2n) is 8.15. The van der Waals surface area contributed by atoms with Gasteiger partial charge in [-0.1, -0.05) is 33.8 Å². The van der Waals surface area contributed by atoms with E-state index in [1.807, 2.05) is 0 Å². The summed E-state index contributed by atoms with van der Waals surface area (Å²) >= 11 is 0. The second kappa shape index (κ2) is 3.55. The summed E-state index contributed by atoms with van der Waals surface area (Å²) in [6, 6.07) is 0. The molecule has 18 heavy (non-hydrogen) atoms. The van der Waals surface area contributed by atoms with E-state index in [1.165, 1.54) is 32.1 Å². The first-order valence-electron chi connectivity index (χ1n) is 7.65. The summed E-state index contributed by atoms with van der Waals surface area (Å²) in [6.45, 7) is 14.0. The predicted molar refractivity (Wildman–Crippen MR) is 75.2 cm³/mol. The van der Waals surface area contributed by atoms with Gasteiger partial charge in [0.05, 0.1) is 5.76 Å². The molecule has 3 rings (SSSR count). The smallest absolute Gasteiger partial charge is 0.109 e. The monoisotopic (exact) mass is 248 g/mol. The van der Waals surface area contributed by atoms with Crippen LogP contribution >= 0.6 is 0 Å². The minimum atomic E-state index is 0.0791. The van der Waals surface area contributed by atoms with Crippen molar-refractivity contribution in [3.8, 4) is 0 Å². The van der Waals surface area contributed by atoms with Crippen LogP contribution in [0.25, 0.3) is 0 Å². The molecule has 0 aromatic rings. The number of hydrogen-bond acceptors (Lipinski definition) is 1. The van der Waals surface area contributed by atoms with Gasteiger partial charge in [-0.15, -0.1) is 0 Å². The fourth-order valence-corrected chi connectivity index (χ4v) is 5.78. The van der Waals surface area contributed by atoms with Crippen LogP contribution in [0.1, 0.15) is 66.2 Å². The fraction of sp³-hybridized carbons (Fsp3) is 0.882. The summed E-state index contributed by atoms with van der Waals surface area (Å²) in [6.07, 6.45) is 7.83. The van der Waals surface area contributed by atoms with Crippen molar-refractivity contribution < 1.29 is 4.74 Å². The Morgan fingerprint density at radius 1 is 1.06 bits per heavy atom. The maximum absolute atomic E-state index is 6.14. The Labute approximate surface area is 112 Å². The van der Waals surface area contributed by atoms with Gasteiger partial charge in [0.2, 0.25) is 0 Å². The molecule has 0 radical (unpaired) electrons. The van der Waals surface area contributed by atoms with Crippen molar-refractivity contribution in [1.29, 1.82) is 0 Å². The molecule has 2 aliphatic carbocycles. The number of rotatable bonds is 0. The Hall–Kier alpha value is -0.460. The van der Waals surface area contributed by atoms with Gasteiger partial charge in [-0.2, -0.15) is 0 Å². The standard InChI is InChI=1S/C17H28O/c1-12-11-14-16(4)9-6-8-15(2,3)13(16)7-10-17(14,5)18-12/h13-14H,1,6-11H2,2-5H3/t13-,14+,16-,17+/m0/s1. The van der Waals surface area contributed by atoms with Crippen molar-refractivity contribution in [2.24, 2.45) is 22.7 Å². The van der Waals surface area contributed by atoms with Gasteiger partial charge in [0.1, 0.15) is 5.60 Å². The topological polar surface area (TPSA) is 9.23 Å². The van der Waals surface area contributed by atoms with Crippen LogP contribution in [0.4, 0.5) is 0 Å². The van der Waals surface area contributed by atoms with E-state index in [1.54, 1.807) is 0 Å². The van der Waals surface area contributed by atoms with Gasteiger partial charge in [-0.05, 0) is 49.4 Å². The van der Waals surface area contributed by atoms with Gasteiger partial charge in [-0.25, -0.2) is 0 Å². The molecular formula is C17H28O. The molecule has 0 bridgehead atoms. The molecule has 1 heterocycles. The lowest BCUT2D eigenvalue weighted by Gasteiger charge is -2.59. The molecule has 1 aliphatic heterocycles. The Kier molecular flexibility index (Phi) is 2.48. The van der Waals surface area contributed by atoms with E-state index < -0.39 is 0 Å². The molecule has 0 amide bonds. The van der Waals surface area contributed by atoms with Gasteiger partial charge >= 0.3 is 0 Å². The molecule has 0 aromatic carbocycles. The number of ether oxygens (including phenoxy) is 1. The molecule has 0 spiro atoms. The molecule has 1 saturated heterocycles. The molecule has 1 nitrogen and oxygen atoms in total. The number of fused-ring (bicyclic) bond motifs is 3. The van der Waals surface area contributed by atoms with Gasteiger partial charge in [0.25, 0.3) is 0 Å². The van der Waals surface area contributed by atoms with Crippen molar-refractivity contribution >= 4 is 0 Å². The van der Waals surface area contributed by atoms with E-state index >= 15 is 0 Å². The van der Waals surface area contributed by atoms with Gasteiger partial charge < -0.3 is 4.74 Å². The molecule has 102 valence electrons. The highest BCUT2D eigenvalue weighted by atomic mass is 16.5. The Balaban J connectivity index is 2.00. The summed E-state index contributed by atoms with van der Waals surface area (Å²) in [4.78, 5) is 0. The molecule has 0 aromatic heterocycles. The normalized spacial score (nSPS) is 50.3. The molecule has 2 saturated carbocycles. The molecule has 4 atom stereocenters.